The Morgan fingerprint density at radius 3 is 2.58 bits per heavy atom. The molecule has 3 nitrogen and oxygen atoms in total. The van der Waals surface area contributed by atoms with Gasteiger partial charge in [0.2, 0.25) is 0 Å². The SMILES string of the molecule is CCCNCc1ccc(COCC(C)(C)N(C)C)s1. The van der Waals surface area contributed by atoms with Gasteiger partial charge in [0.15, 0.2) is 0 Å². The van der Waals surface area contributed by atoms with Crippen LogP contribution in [0.25, 0.3) is 0 Å². The number of nitrogens with one attached hydrogen (secondary N) is 1. The van der Waals surface area contributed by atoms with Gasteiger partial charge in [-0.3, -0.25) is 0 Å². The lowest BCUT2D eigenvalue weighted by molar-refractivity contribution is 0.0285. The van der Waals surface area contributed by atoms with E-state index < -0.39 is 0 Å². The smallest absolute Gasteiger partial charge is 0.0810 e. The normalized spacial score (nSPS) is 12.3. The highest BCUT2D eigenvalue weighted by Crippen LogP contribution is 2.18. The summed E-state index contributed by atoms with van der Waals surface area (Å²) in [6.45, 7) is 10.1. The van der Waals surface area contributed by atoms with E-state index in [1.165, 1.54) is 16.2 Å². The van der Waals surface area contributed by atoms with Crippen LogP contribution in [-0.2, 0) is 17.9 Å². The fourth-order valence-electron chi connectivity index (χ4n) is 1.51. The quantitative estimate of drug-likeness (QED) is 0.705. The van der Waals surface area contributed by atoms with Crippen LogP contribution in [0.3, 0.4) is 0 Å². The minimum Gasteiger partial charge on any atom is -0.374 e. The zero-order valence-electron chi connectivity index (χ0n) is 13.0. The van der Waals surface area contributed by atoms with Gasteiger partial charge in [0, 0.05) is 21.8 Å². The molecule has 19 heavy (non-hydrogen) atoms. The summed E-state index contributed by atoms with van der Waals surface area (Å²) in [5.41, 5.74) is 0.0861. The Bertz CT molecular complexity index is 361. The van der Waals surface area contributed by atoms with Gasteiger partial charge in [-0.1, -0.05) is 6.92 Å². The second-order valence-electron chi connectivity index (χ2n) is 5.74. The lowest BCUT2D eigenvalue weighted by Crippen LogP contribution is -2.42. The van der Waals surface area contributed by atoms with Crippen LogP contribution in [-0.4, -0.2) is 37.7 Å². The van der Waals surface area contributed by atoms with E-state index >= 15 is 0 Å². The maximum Gasteiger partial charge on any atom is 0.0810 e. The van der Waals surface area contributed by atoms with Crippen LogP contribution in [0.1, 0.15) is 36.9 Å². The summed E-state index contributed by atoms with van der Waals surface area (Å²) >= 11 is 1.84. The third-order valence-corrected chi connectivity index (χ3v) is 4.41. The number of hydrogen-bond donors (Lipinski definition) is 1. The van der Waals surface area contributed by atoms with Crippen molar-refractivity contribution in [3.8, 4) is 0 Å². The Morgan fingerprint density at radius 1 is 1.26 bits per heavy atom. The molecule has 0 aliphatic carbocycles. The number of ether oxygens (including phenoxy) is 1. The van der Waals surface area contributed by atoms with Gasteiger partial charge in [0.05, 0.1) is 13.2 Å². The highest BCUT2D eigenvalue weighted by molar-refractivity contribution is 7.11. The molecule has 0 aromatic carbocycles. The second-order valence-corrected chi connectivity index (χ2v) is 7.00. The lowest BCUT2D eigenvalue weighted by Gasteiger charge is -2.32. The molecule has 0 spiro atoms. The number of thiophene rings is 1. The third-order valence-electron chi connectivity index (χ3n) is 3.35. The van der Waals surface area contributed by atoms with E-state index in [0.29, 0.717) is 0 Å². The molecule has 0 fully saturated rings. The molecule has 1 rings (SSSR count). The third kappa shape index (κ3) is 6.04. The highest BCUT2D eigenvalue weighted by atomic mass is 32.1. The molecule has 0 radical (unpaired) electrons. The zero-order chi connectivity index (χ0) is 14.3. The molecule has 0 bridgehead atoms. The Morgan fingerprint density at radius 2 is 1.95 bits per heavy atom. The van der Waals surface area contributed by atoms with Gasteiger partial charge in [0.25, 0.3) is 0 Å². The van der Waals surface area contributed by atoms with Gasteiger partial charge in [0.1, 0.15) is 0 Å². The molecule has 0 amide bonds. The Hall–Kier alpha value is -0.420. The molecule has 0 unspecified atom stereocenters. The number of hydrogen-bond acceptors (Lipinski definition) is 4. The first kappa shape index (κ1) is 16.6. The Kier molecular flexibility index (Phi) is 7.00. The first-order chi connectivity index (χ1) is 8.95. The van der Waals surface area contributed by atoms with E-state index in [9.17, 15) is 0 Å². The Labute approximate surface area is 122 Å². The number of rotatable bonds is 9. The summed E-state index contributed by atoms with van der Waals surface area (Å²) in [5, 5.41) is 3.42. The molecule has 1 aromatic heterocycles. The zero-order valence-corrected chi connectivity index (χ0v) is 13.8. The van der Waals surface area contributed by atoms with Crippen molar-refractivity contribution in [3.05, 3.63) is 21.9 Å². The van der Waals surface area contributed by atoms with Crippen LogP contribution in [0.15, 0.2) is 12.1 Å². The summed E-state index contributed by atoms with van der Waals surface area (Å²) in [6, 6.07) is 4.37. The monoisotopic (exact) mass is 284 g/mol. The molecular formula is C15H28N2OS. The fourth-order valence-corrected chi connectivity index (χ4v) is 2.44. The van der Waals surface area contributed by atoms with Gasteiger partial charge in [-0.15, -0.1) is 11.3 Å². The molecule has 4 heteroatoms. The average Bonchev–Trinajstić information content (AvgIpc) is 2.77. The predicted octanol–water partition coefficient (Wildman–Crippen LogP) is 3.10. The van der Waals surface area contributed by atoms with Crippen molar-refractivity contribution in [2.24, 2.45) is 0 Å². The summed E-state index contributed by atoms with van der Waals surface area (Å²) in [5.74, 6) is 0. The molecule has 0 aliphatic rings. The van der Waals surface area contributed by atoms with E-state index in [1.54, 1.807) is 0 Å². The van der Waals surface area contributed by atoms with Crippen molar-refractivity contribution in [2.75, 3.05) is 27.2 Å². The molecule has 0 saturated carbocycles. The number of nitrogens with zero attached hydrogens (tertiary/aromatic N) is 1. The molecule has 1 heterocycles. The fraction of sp³-hybridized carbons (Fsp3) is 0.733. The van der Waals surface area contributed by atoms with Crippen LogP contribution in [0, 0.1) is 0 Å². The molecule has 0 aliphatic heterocycles. The maximum absolute atomic E-state index is 5.83. The van der Waals surface area contributed by atoms with Crippen molar-refractivity contribution in [2.45, 2.75) is 45.9 Å². The van der Waals surface area contributed by atoms with Crippen molar-refractivity contribution in [1.82, 2.24) is 10.2 Å². The maximum atomic E-state index is 5.83. The minimum atomic E-state index is 0.0861. The summed E-state index contributed by atoms with van der Waals surface area (Å²) in [4.78, 5) is 4.89. The van der Waals surface area contributed by atoms with Crippen LogP contribution in [0.5, 0.6) is 0 Å². The summed E-state index contributed by atoms with van der Waals surface area (Å²) in [6.07, 6.45) is 1.18. The first-order valence-corrected chi connectivity index (χ1v) is 7.81. The van der Waals surface area contributed by atoms with Crippen molar-refractivity contribution >= 4 is 11.3 Å². The summed E-state index contributed by atoms with van der Waals surface area (Å²) in [7, 11) is 4.18. The van der Waals surface area contributed by atoms with Gasteiger partial charge >= 0.3 is 0 Å². The van der Waals surface area contributed by atoms with Gasteiger partial charge < -0.3 is 15.0 Å². The van der Waals surface area contributed by atoms with Crippen molar-refractivity contribution in [3.63, 3.8) is 0 Å². The largest absolute Gasteiger partial charge is 0.374 e. The van der Waals surface area contributed by atoms with Crippen LogP contribution >= 0.6 is 11.3 Å². The predicted molar refractivity (Wildman–Crippen MR) is 83.7 cm³/mol. The van der Waals surface area contributed by atoms with E-state index in [1.807, 2.05) is 11.3 Å². The minimum absolute atomic E-state index is 0.0861. The molecule has 0 atom stereocenters. The lowest BCUT2D eigenvalue weighted by atomic mass is 10.1. The van der Waals surface area contributed by atoms with Gasteiger partial charge in [-0.05, 0) is 53.0 Å². The van der Waals surface area contributed by atoms with Gasteiger partial charge in [-0.25, -0.2) is 0 Å². The molecule has 0 saturated heterocycles. The second kappa shape index (κ2) is 8.00. The molecule has 1 aromatic rings. The molecule has 110 valence electrons. The first-order valence-electron chi connectivity index (χ1n) is 6.99. The van der Waals surface area contributed by atoms with Crippen molar-refractivity contribution in [1.29, 1.82) is 0 Å². The highest BCUT2D eigenvalue weighted by Gasteiger charge is 2.20. The Balaban J connectivity index is 2.30. The molecule has 1 N–H and O–H groups in total. The van der Waals surface area contributed by atoms with Crippen LogP contribution in [0.2, 0.25) is 0 Å². The topological polar surface area (TPSA) is 24.5 Å². The van der Waals surface area contributed by atoms with E-state index in [4.69, 9.17) is 4.74 Å². The summed E-state index contributed by atoms with van der Waals surface area (Å²) < 4.78 is 5.83. The van der Waals surface area contributed by atoms with E-state index in [-0.39, 0.29) is 5.54 Å². The van der Waals surface area contributed by atoms with Crippen molar-refractivity contribution < 1.29 is 4.74 Å². The van der Waals surface area contributed by atoms with Crippen LogP contribution in [0.4, 0.5) is 0 Å². The number of likely N-dealkylation sites (N-methyl/N-ethyl adjacent to an activating group) is 1. The van der Waals surface area contributed by atoms with Gasteiger partial charge in [-0.2, -0.15) is 0 Å². The standard InChI is InChI=1S/C15H28N2OS/c1-6-9-16-10-13-7-8-14(19-13)11-18-12-15(2,3)17(4)5/h7-8,16H,6,9-12H2,1-5H3. The molecular weight excluding hydrogens is 256 g/mol. The van der Waals surface area contributed by atoms with E-state index in [0.717, 1.165) is 26.3 Å². The average molecular weight is 284 g/mol. The van der Waals surface area contributed by atoms with Crippen LogP contribution < -0.4 is 5.32 Å². The van der Waals surface area contributed by atoms with E-state index in [2.05, 4.69) is 57.2 Å².